The first-order valence-corrected chi connectivity index (χ1v) is 7.85. The molecule has 2 heterocycles. The highest BCUT2D eigenvalue weighted by molar-refractivity contribution is 6.04. The molecule has 1 fully saturated rings. The lowest BCUT2D eigenvalue weighted by atomic mass is 10.2. The number of hydrogen-bond acceptors (Lipinski definition) is 3. The van der Waals surface area contributed by atoms with Crippen LogP contribution in [0.4, 0.5) is 35.2 Å². The Morgan fingerprint density at radius 2 is 1.85 bits per heavy atom. The van der Waals surface area contributed by atoms with Gasteiger partial charge < -0.3 is 10.2 Å². The number of urea groups is 1. The van der Waals surface area contributed by atoms with Gasteiger partial charge >= 0.3 is 12.2 Å². The molecule has 3 rings (SSSR count). The van der Waals surface area contributed by atoms with Gasteiger partial charge in [-0.1, -0.05) is 0 Å². The highest BCUT2D eigenvalue weighted by atomic mass is 19.4. The van der Waals surface area contributed by atoms with Crippen molar-refractivity contribution < 1.29 is 22.8 Å². The quantitative estimate of drug-likeness (QED) is 0.868. The normalized spacial score (nSPS) is 14.4. The van der Waals surface area contributed by atoms with Crippen molar-refractivity contribution in [2.75, 3.05) is 22.1 Å². The molecule has 2 N–H and O–H groups in total. The zero-order valence-electron chi connectivity index (χ0n) is 13.5. The smallest absolute Gasteiger partial charge is 0.309 e. The lowest BCUT2D eigenvalue weighted by molar-refractivity contribution is -0.137. The van der Waals surface area contributed by atoms with Gasteiger partial charge in [-0.2, -0.15) is 13.2 Å². The first kappa shape index (κ1) is 17.7. The van der Waals surface area contributed by atoms with E-state index in [9.17, 15) is 22.8 Å². The summed E-state index contributed by atoms with van der Waals surface area (Å²) in [6.07, 6.45) is -1.80. The number of amides is 3. The summed E-state index contributed by atoms with van der Waals surface area (Å²) in [5, 5.41) is 4.96. The molecule has 0 atom stereocenters. The first-order valence-electron chi connectivity index (χ1n) is 7.85. The van der Waals surface area contributed by atoms with Gasteiger partial charge in [-0.3, -0.25) is 10.1 Å². The Bertz CT molecular complexity index is 822. The van der Waals surface area contributed by atoms with Gasteiger partial charge in [0.2, 0.25) is 5.91 Å². The molecule has 6 nitrogen and oxygen atoms in total. The van der Waals surface area contributed by atoms with Crippen LogP contribution in [0.25, 0.3) is 0 Å². The van der Waals surface area contributed by atoms with E-state index < -0.39 is 17.8 Å². The number of hydrogen-bond donors (Lipinski definition) is 2. The number of benzene rings is 1. The van der Waals surface area contributed by atoms with E-state index in [2.05, 4.69) is 15.6 Å². The fourth-order valence-corrected chi connectivity index (χ4v) is 2.63. The predicted molar refractivity (Wildman–Crippen MR) is 89.9 cm³/mol. The average Bonchev–Trinajstić information content (AvgIpc) is 3.01. The van der Waals surface area contributed by atoms with Crippen LogP contribution in [0.1, 0.15) is 18.4 Å². The number of carbonyl (C=O) groups excluding carboxylic acids is 2. The topological polar surface area (TPSA) is 74.3 Å². The second-order valence-corrected chi connectivity index (χ2v) is 5.67. The number of nitrogens with zero attached hydrogens (tertiary/aromatic N) is 2. The molecule has 1 aliphatic rings. The van der Waals surface area contributed by atoms with Crippen LogP contribution in [0.2, 0.25) is 0 Å². The van der Waals surface area contributed by atoms with Crippen LogP contribution < -0.4 is 15.5 Å². The van der Waals surface area contributed by atoms with Gasteiger partial charge in [-0.05, 0) is 42.8 Å². The largest absolute Gasteiger partial charge is 0.416 e. The first-order chi connectivity index (χ1) is 12.3. The number of nitrogens with one attached hydrogen (secondary N) is 2. The van der Waals surface area contributed by atoms with Crippen molar-refractivity contribution in [3.63, 3.8) is 0 Å². The van der Waals surface area contributed by atoms with Gasteiger partial charge in [0, 0.05) is 24.8 Å². The van der Waals surface area contributed by atoms with Crippen molar-refractivity contribution in [3.8, 4) is 0 Å². The molecule has 0 unspecified atom stereocenters. The molecule has 2 aromatic rings. The Balaban J connectivity index is 1.70. The standard InChI is InChI=1S/C17H15F3N4O2/c18-17(19,20)11-5-7-12(8-6-11)22-16(26)23-15-13(3-1-9-21-15)24-10-2-4-14(24)25/h1,3,5-9H,2,4,10H2,(H2,21,22,23,26). The van der Waals surface area contributed by atoms with Crippen LogP contribution in [0.5, 0.6) is 0 Å². The van der Waals surface area contributed by atoms with Crippen LogP contribution in [-0.2, 0) is 11.0 Å². The minimum Gasteiger partial charge on any atom is -0.309 e. The fraction of sp³-hybridized carbons (Fsp3) is 0.235. The molecular weight excluding hydrogens is 349 g/mol. The van der Waals surface area contributed by atoms with Crippen molar-refractivity contribution in [1.29, 1.82) is 0 Å². The Hall–Kier alpha value is -3.10. The van der Waals surface area contributed by atoms with Crippen LogP contribution in [0, 0.1) is 0 Å². The zero-order valence-corrected chi connectivity index (χ0v) is 13.5. The number of pyridine rings is 1. The average molecular weight is 364 g/mol. The molecule has 0 saturated carbocycles. The summed E-state index contributed by atoms with van der Waals surface area (Å²) in [6.45, 7) is 0.541. The maximum Gasteiger partial charge on any atom is 0.416 e. The van der Waals surface area contributed by atoms with Gasteiger partial charge in [0.15, 0.2) is 5.82 Å². The van der Waals surface area contributed by atoms with Crippen LogP contribution in [0.15, 0.2) is 42.6 Å². The van der Waals surface area contributed by atoms with E-state index in [0.29, 0.717) is 18.7 Å². The molecular formula is C17H15F3N4O2. The van der Waals surface area contributed by atoms with E-state index in [4.69, 9.17) is 0 Å². The summed E-state index contributed by atoms with van der Waals surface area (Å²) in [4.78, 5) is 29.6. The van der Waals surface area contributed by atoms with Gasteiger partial charge in [0.1, 0.15) is 0 Å². The van der Waals surface area contributed by atoms with E-state index in [-0.39, 0.29) is 17.4 Å². The Labute approximate surface area is 147 Å². The summed E-state index contributed by atoms with van der Waals surface area (Å²) in [5.41, 5.74) is -0.120. The minimum atomic E-state index is -4.44. The van der Waals surface area contributed by atoms with Crippen molar-refractivity contribution in [3.05, 3.63) is 48.2 Å². The minimum absolute atomic E-state index is 0.0517. The zero-order chi connectivity index (χ0) is 18.7. The SMILES string of the molecule is O=C(Nc1ccc(C(F)(F)F)cc1)Nc1ncccc1N1CCCC1=O. The molecule has 1 saturated heterocycles. The van der Waals surface area contributed by atoms with Crippen molar-refractivity contribution >= 4 is 29.1 Å². The summed E-state index contributed by atoms with van der Waals surface area (Å²) >= 11 is 0. The van der Waals surface area contributed by atoms with Gasteiger partial charge in [0.25, 0.3) is 0 Å². The molecule has 1 aromatic heterocycles. The number of halogens is 3. The van der Waals surface area contributed by atoms with E-state index >= 15 is 0 Å². The lowest BCUT2D eigenvalue weighted by Crippen LogP contribution is -2.27. The molecule has 1 aliphatic heterocycles. The summed E-state index contributed by atoms with van der Waals surface area (Å²) in [5.74, 6) is 0.149. The van der Waals surface area contributed by atoms with E-state index in [1.807, 2.05) is 0 Å². The number of anilines is 3. The Morgan fingerprint density at radius 1 is 1.12 bits per heavy atom. The molecule has 1 aromatic carbocycles. The molecule has 0 bridgehead atoms. The van der Waals surface area contributed by atoms with E-state index in [1.165, 1.54) is 6.20 Å². The Kier molecular flexibility index (Phi) is 4.79. The van der Waals surface area contributed by atoms with Gasteiger partial charge in [-0.15, -0.1) is 0 Å². The lowest BCUT2D eigenvalue weighted by Gasteiger charge is -2.19. The molecule has 0 radical (unpaired) electrons. The number of alkyl halides is 3. The molecule has 3 amide bonds. The Morgan fingerprint density at radius 3 is 2.46 bits per heavy atom. The maximum absolute atomic E-state index is 12.6. The van der Waals surface area contributed by atoms with Gasteiger partial charge in [-0.25, -0.2) is 9.78 Å². The summed E-state index contributed by atoms with van der Waals surface area (Å²) < 4.78 is 37.7. The van der Waals surface area contributed by atoms with E-state index in [1.54, 1.807) is 17.0 Å². The van der Waals surface area contributed by atoms with Crippen molar-refractivity contribution in [2.24, 2.45) is 0 Å². The molecule has 0 aliphatic carbocycles. The summed E-state index contributed by atoms with van der Waals surface area (Å²) in [7, 11) is 0. The van der Waals surface area contributed by atoms with E-state index in [0.717, 1.165) is 30.7 Å². The molecule has 136 valence electrons. The third kappa shape index (κ3) is 3.93. The highest BCUT2D eigenvalue weighted by Gasteiger charge is 2.30. The highest BCUT2D eigenvalue weighted by Crippen LogP contribution is 2.30. The summed E-state index contributed by atoms with van der Waals surface area (Å²) in [6, 6.07) is 6.73. The molecule has 26 heavy (non-hydrogen) atoms. The molecule has 0 spiro atoms. The monoisotopic (exact) mass is 364 g/mol. The van der Waals surface area contributed by atoms with Crippen molar-refractivity contribution in [1.82, 2.24) is 4.98 Å². The number of carbonyl (C=O) groups is 2. The second-order valence-electron chi connectivity index (χ2n) is 5.67. The maximum atomic E-state index is 12.6. The van der Waals surface area contributed by atoms with Crippen LogP contribution in [0.3, 0.4) is 0 Å². The number of rotatable bonds is 3. The van der Waals surface area contributed by atoms with Crippen molar-refractivity contribution in [2.45, 2.75) is 19.0 Å². The van der Waals surface area contributed by atoms with Gasteiger partial charge in [0.05, 0.1) is 11.3 Å². The third-order valence-electron chi connectivity index (χ3n) is 3.85. The van der Waals surface area contributed by atoms with Crippen LogP contribution >= 0.6 is 0 Å². The number of aromatic nitrogens is 1. The molecule has 9 heteroatoms. The third-order valence-corrected chi connectivity index (χ3v) is 3.85. The fourth-order valence-electron chi connectivity index (χ4n) is 2.63. The second kappa shape index (κ2) is 7.03. The predicted octanol–water partition coefficient (Wildman–Crippen LogP) is 3.87. The van der Waals surface area contributed by atoms with Crippen LogP contribution in [-0.4, -0.2) is 23.5 Å².